The number of aliphatic carboxylic acids is 1. The van der Waals surface area contributed by atoms with E-state index in [4.69, 9.17) is 9.84 Å². The number of piperidine rings is 1. The minimum atomic E-state index is -0.785. The summed E-state index contributed by atoms with van der Waals surface area (Å²) in [5, 5.41) is 11.9. The number of ether oxygens (including phenoxy) is 1. The fourth-order valence-corrected chi connectivity index (χ4v) is 5.62. The van der Waals surface area contributed by atoms with Crippen molar-refractivity contribution < 1.29 is 24.2 Å². The summed E-state index contributed by atoms with van der Waals surface area (Å²) in [6, 6.07) is 16.3. The van der Waals surface area contributed by atoms with E-state index in [1.165, 1.54) is 34.0 Å². The Morgan fingerprint density at radius 2 is 1.74 bits per heavy atom. The fraction of sp³-hybridized carbons (Fsp3) is 0.423. The number of nitrogens with zero attached hydrogens (tertiary/aromatic N) is 1. The Hall–Kier alpha value is -3.00. The minimum absolute atomic E-state index is 0.0162. The Balaban J connectivity index is 1.16. The molecule has 7 nitrogen and oxygen atoms in total. The normalized spacial score (nSPS) is 19.3. The van der Waals surface area contributed by atoms with Gasteiger partial charge in [-0.2, -0.15) is 11.8 Å². The van der Waals surface area contributed by atoms with Gasteiger partial charge in [-0.3, -0.25) is 9.59 Å². The number of carbonyl (C=O) groups is 3. The lowest BCUT2D eigenvalue weighted by molar-refractivity contribution is -0.146. The highest BCUT2D eigenvalue weighted by atomic mass is 32.2. The van der Waals surface area contributed by atoms with Gasteiger partial charge in [0.1, 0.15) is 6.61 Å². The van der Waals surface area contributed by atoms with E-state index in [2.05, 4.69) is 29.6 Å². The summed E-state index contributed by atoms with van der Waals surface area (Å²) in [6.07, 6.45) is 0.535. The number of nitrogens with one attached hydrogen (secondary N) is 1. The number of hydrogen-bond acceptors (Lipinski definition) is 5. The van der Waals surface area contributed by atoms with Gasteiger partial charge in [-0.05, 0) is 42.0 Å². The molecule has 2 aromatic rings. The van der Waals surface area contributed by atoms with Crippen LogP contribution in [0.25, 0.3) is 11.1 Å². The van der Waals surface area contributed by atoms with Gasteiger partial charge in [-0.15, -0.1) is 0 Å². The number of carbonyl (C=O) groups excluding carboxylic acids is 2. The molecule has 0 spiro atoms. The summed E-state index contributed by atoms with van der Waals surface area (Å²) >= 11 is 1.45. The first-order valence-electron chi connectivity index (χ1n) is 11.6. The van der Waals surface area contributed by atoms with Crippen molar-refractivity contribution in [1.29, 1.82) is 0 Å². The van der Waals surface area contributed by atoms with E-state index in [9.17, 15) is 14.4 Å². The average molecular weight is 483 g/mol. The summed E-state index contributed by atoms with van der Waals surface area (Å²) in [6.45, 7) is 3.06. The van der Waals surface area contributed by atoms with E-state index in [0.717, 1.165) is 0 Å². The van der Waals surface area contributed by atoms with Crippen molar-refractivity contribution in [1.82, 2.24) is 10.2 Å². The topological polar surface area (TPSA) is 95.9 Å². The number of likely N-dealkylation sites (tertiary alicyclic amines) is 1. The molecule has 1 aliphatic heterocycles. The first-order valence-corrected chi connectivity index (χ1v) is 12.8. The van der Waals surface area contributed by atoms with Gasteiger partial charge < -0.3 is 20.1 Å². The molecule has 2 amide bonds. The van der Waals surface area contributed by atoms with Crippen molar-refractivity contribution in [2.24, 2.45) is 5.92 Å². The lowest BCUT2D eigenvalue weighted by Crippen LogP contribution is -2.46. The number of benzene rings is 2. The summed E-state index contributed by atoms with van der Waals surface area (Å²) < 4.78 is 5.52. The third-order valence-electron chi connectivity index (χ3n) is 6.63. The van der Waals surface area contributed by atoms with E-state index in [1.54, 1.807) is 4.90 Å². The molecule has 1 heterocycles. The quantitative estimate of drug-likeness (QED) is 0.553. The average Bonchev–Trinajstić information content (AvgIpc) is 3.16. The SMILES string of the molecule is C[C@@H]1C[C@H](C(=O)O)CCN1C(=O)CSCCNC(=O)OCC1c2ccccc2-c2ccccc21. The van der Waals surface area contributed by atoms with Crippen LogP contribution in [0.5, 0.6) is 0 Å². The molecule has 1 fully saturated rings. The monoisotopic (exact) mass is 482 g/mol. The lowest BCUT2D eigenvalue weighted by atomic mass is 9.92. The number of fused-ring (bicyclic) bond motifs is 3. The van der Waals surface area contributed by atoms with E-state index in [0.29, 0.717) is 37.4 Å². The molecule has 4 rings (SSSR count). The second-order valence-electron chi connectivity index (χ2n) is 8.80. The Labute approximate surface area is 203 Å². The molecule has 0 aromatic heterocycles. The molecule has 8 heteroatoms. The molecule has 2 N–H and O–H groups in total. The largest absolute Gasteiger partial charge is 0.481 e. The highest BCUT2D eigenvalue weighted by molar-refractivity contribution is 7.99. The van der Waals surface area contributed by atoms with Crippen LogP contribution in [-0.4, -0.2) is 65.2 Å². The summed E-state index contributed by atoms with van der Waals surface area (Å²) in [5.74, 6) is -0.203. The highest BCUT2D eigenvalue weighted by Gasteiger charge is 2.32. The second-order valence-corrected chi connectivity index (χ2v) is 9.91. The molecular weight excluding hydrogens is 452 g/mol. The van der Waals surface area contributed by atoms with E-state index >= 15 is 0 Å². The van der Waals surface area contributed by atoms with Crippen LogP contribution in [0.4, 0.5) is 4.79 Å². The number of rotatable bonds is 8. The van der Waals surface area contributed by atoms with Crippen molar-refractivity contribution in [3.8, 4) is 11.1 Å². The van der Waals surface area contributed by atoms with Crippen molar-refractivity contribution in [3.05, 3.63) is 59.7 Å². The van der Waals surface area contributed by atoms with Gasteiger partial charge in [0.15, 0.2) is 0 Å². The zero-order valence-electron chi connectivity index (χ0n) is 19.2. The molecule has 1 aliphatic carbocycles. The van der Waals surface area contributed by atoms with Crippen LogP contribution >= 0.6 is 11.8 Å². The number of alkyl carbamates (subject to hydrolysis) is 1. The van der Waals surface area contributed by atoms with Crippen LogP contribution in [0.2, 0.25) is 0 Å². The molecule has 0 bridgehead atoms. The predicted molar refractivity (Wildman–Crippen MR) is 132 cm³/mol. The van der Waals surface area contributed by atoms with Crippen LogP contribution in [0.1, 0.15) is 36.8 Å². The van der Waals surface area contributed by atoms with Crippen molar-refractivity contribution >= 4 is 29.7 Å². The molecule has 2 atom stereocenters. The van der Waals surface area contributed by atoms with E-state index in [-0.39, 0.29) is 30.4 Å². The Bertz CT molecular complexity index is 1010. The highest BCUT2D eigenvalue weighted by Crippen LogP contribution is 2.44. The Morgan fingerprint density at radius 3 is 2.35 bits per heavy atom. The Morgan fingerprint density at radius 1 is 1.09 bits per heavy atom. The maximum Gasteiger partial charge on any atom is 0.407 e. The van der Waals surface area contributed by atoms with Crippen LogP contribution in [0.15, 0.2) is 48.5 Å². The molecular formula is C26H30N2O5S. The standard InChI is InChI=1S/C26H30N2O5S/c1-17-14-18(25(30)31)10-12-28(17)24(29)16-34-13-11-27-26(32)33-15-23-21-8-4-2-6-19(21)20-7-3-5-9-22(20)23/h2-9,17-18,23H,10-16H2,1H3,(H,27,32)(H,30,31)/t17-,18-/m1/s1. The Kier molecular flexibility index (Phi) is 7.77. The molecule has 0 unspecified atom stereocenters. The first-order chi connectivity index (χ1) is 16.5. The second kappa shape index (κ2) is 11.0. The summed E-state index contributed by atoms with van der Waals surface area (Å²) in [4.78, 5) is 37.6. The molecule has 0 saturated carbocycles. The maximum absolute atomic E-state index is 12.5. The van der Waals surface area contributed by atoms with Gasteiger partial charge in [0.05, 0.1) is 11.7 Å². The summed E-state index contributed by atoms with van der Waals surface area (Å²) in [7, 11) is 0. The fourth-order valence-electron chi connectivity index (χ4n) is 4.88. The first kappa shape index (κ1) is 24.1. The molecule has 34 heavy (non-hydrogen) atoms. The van der Waals surface area contributed by atoms with E-state index in [1.807, 2.05) is 31.2 Å². The van der Waals surface area contributed by atoms with Crippen LogP contribution in [0.3, 0.4) is 0 Å². The van der Waals surface area contributed by atoms with Crippen LogP contribution in [-0.2, 0) is 14.3 Å². The van der Waals surface area contributed by atoms with Gasteiger partial charge in [-0.25, -0.2) is 4.79 Å². The molecule has 2 aliphatic rings. The van der Waals surface area contributed by atoms with Crippen LogP contribution < -0.4 is 5.32 Å². The number of carboxylic acid groups (broad SMARTS) is 1. The van der Waals surface area contributed by atoms with Gasteiger partial charge in [0.2, 0.25) is 5.91 Å². The number of hydrogen-bond donors (Lipinski definition) is 2. The predicted octanol–water partition coefficient (Wildman–Crippen LogP) is 3.97. The van der Waals surface area contributed by atoms with Gasteiger partial charge in [0.25, 0.3) is 0 Å². The minimum Gasteiger partial charge on any atom is -0.481 e. The molecule has 1 saturated heterocycles. The summed E-state index contributed by atoms with van der Waals surface area (Å²) in [5.41, 5.74) is 4.73. The van der Waals surface area contributed by atoms with Crippen molar-refractivity contribution in [2.45, 2.75) is 31.7 Å². The zero-order valence-corrected chi connectivity index (χ0v) is 20.1. The molecule has 0 radical (unpaired) electrons. The van der Waals surface area contributed by atoms with Gasteiger partial charge in [0, 0.05) is 30.8 Å². The van der Waals surface area contributed by atoms with Crippen LogP contribution in [0, 0.1) is 5.92 Å². The van der Waals surface area contributed by atoms with Crippen molar-refractivity contribution in [3.63, 3.8) is 0 Å². The van der Waals surface area contributed by atoms with Gasteiger partial charge >= 0.3 is 12.1 Å². The van der Waals surface area contributed by atoms with Gasteiger partial charge in [-0.1, -0.05) is 48.5 Å². The molecule has 2 aromatic carbocycles. The third-order valence-corrected chi connectivity index (χ3v) is 7.57. The third kappa shape index (κ3) is 5.38. The number of carboxylic acids is 1. The molecule has 180 valence electrons. The maximum atomic E-state index is 12.5. The van der Waals surface area contributed by atoms with E-state index < -0.39 is 12.1 Å². The van der Waals surface area contributed by atoms with Crippen molar-refractivity contribution in [2.75, 3.05) is 31.2 Å². The lowest BCUT2D eigenvalue weighted by Gasteiger charge is -2.36. The smallest absolute Gasteiger partial charge is 0.407 e. The number of amides is 2. The number of thioether (sulfide) groups is 1. The zero-order chi connectivity index (χ0) is 24.1.